The van der Waals surface area contributed by atoms with Gasteiger partial charge in [-0.05, 0) is 56.3 Å². The standard InChI is InChI=1S/C24H22ClN3O5/c1-16-22(17(2)33-27-16)14-31-21-9-7-18(8-10-21)24(30)32-15-23(29)28(12-4-11-26)20-6-3-5-19(25)13-20/h3,5-10,13H,4,12,14-15H2,1-2H3. The summed E-state index contributed by atoms with van der Waals surface area (Å²) in [4.78, 5) is 26.4. The lowest BCUT2D eigenvalue weighted by Gasteiger charge is -2.21. The first-order valence-electron chi connectivity index (χ1n) is 10.1. The average Bonchev–Trinajstić information content (AvgIpc) is 3.13. The zero-order valence-corrected chi connectivity index (χ0v) is 19.0. The molecule has 0 fully saturated rings. The lowest BCUT2D eigenvalue weighted by molar-refractivity contribution is -0.121. The number of carbonyl (C=O) groups is 2. The molecule has 0 aliphatic carbocycles. The Morgan fingerprint density at radius 3 is 2.58 bits per heavy atom. The maximum absolute atomic E-state index is 12.7. The summed E-state index contributed by atoms with van der Waals surface area (Å²) in [6, 6.07) is 15.1. The summed E-state index contributed by atoms with van der Waals surface area (Å²) >= 11 is 6.01. The Morgan fingerprint density at radius 1 is 1.18 bits per heavy atom. The van der Waals surface area contributed by atoms with Crippen molar-refractivity contribution in [2.75, 3.05) is 18.1 Å². The molecule has 33 heavy (non-hydrogen) atoms. The first kappa shape index (κ1) is 23.8. The second kappa shape index (κ2) is 11.2. The molecule has 8 nitrogen and oxygen atoms in total. The number of ether oxygens (including phenoxy) is 2. The quantitative estimate of drug-likeness (QED) is 0.422. The first-order chi connectivity index (χ1) is 15.9. The van der Waals surface area contributed by atoms with Crippen molar-refractivity contribution in [2.24, 2.45) is 0 Å². The molecule has 3 aromatic rings. The molecule has 1 heterocycles. The van der Waals surface area contributed by atoms with Crippen molar-refractivity contribution in [1.29, 1.82) is 5.26 Å². The van der Waals surface area contributed by atoms with E-state index in [4.69, 9.17) is 30.9 Å². The van der Waals surface area contributed by atoms with Gasteiger partial charge in [-0.15, -0.1) is 0 Å². The molecule has 0 aliphatic heterocycles. The van der Waals surface area contributed by atoms with E-state index in [-0.39, 0.29) is 18.5 Å². The number of halogens is 1. The Morgan fingerprint density at radius 2 is 1.94 bits per heavy atom. The van der Waals surface area contributed by atoms with Crippen LogP contribution < -0.4 is 9.64 Å². The Labute approximate surface area is 196 Å². The molecule has 0 spiro atoms. The highest BCUT2D eigenvalue weighted by Crippen LogP contribution is 2.21. The number of carbonyl (C=O) groups excluding carboxylic acids is 2. The Balaban J connectivity index is 1.57. The Bertz CT molecular complexity index is 1150. The Hall–Kier alpha value is -3.83. The van der Waals surface area contributed by atoms with Crippen LogP contribution in [0.25, 0.3) is 0 Å². The van der Waals surface area contributed by atoms with E-state index in [1.165, 1.54) is 4.90 Å². The molecule has 0 bridgehead atoms. The van der Waals surface area contributed by atoms with Crippen LogP contribution in [0.3, 0.4) is 0 Å². The number of aromatic nitrogens is 1. The molecular formula is C24H22ClN3O5. The SMILES string of the molecule is Cc1noc(C)c1COc1ccc(C(=O)OCC(=O)N(CCC#N)c2cccc(Cl)c2)cc1. The normalized spacial score (nSPS) is 10.4. The number of nitrogens with zero attached hydrogens (tertiary/aromatic N) is 3. The summed E-state index contributed by atoms with van der Waals surface area (Å²) in [5.74, 6) is 0.150. The predicted octanol–water partition coefficient (Wildman–Crippen LogP) is 4.63. The summed E-state index contributed by atoms with van der Waals surface area (Å²) < 4.78 is 16.0. The van der Waals surface area contributed by atoms with Gasteiger partial charge >= 0.3 is 5.97 Å². The van der Waals surface area contributed by atoms with Crippen molar-refractivity contribution in [3.05, 3.63) is 76.1 Å². The molecule has 0 atom stereocenters. The number of hydrogen-bond donors (Lipinski definition) is 0. The molecule has 9 heteroatoms. The van der Waals surface area contributed by atoms with E-state index in [2.05, 4.69) is 5.16 Å². The van der Waals surface area contributed by atoms with Gasteiger partial charge in [-0.3, -0.25) is 4.79 Å². The number of hydrogen-bond acceptors (Lipinski definition) is 7. The number of esters is 1. The summed E-state index contributed by atoms with van der Waals surface area (Å²) in [6.07, 6.45) is 0.127. The molecule has 170 valence electrons. The summed E-state index contributed by atoms with van der Waals surface area (Å²) in [5, 5.41) is 13.2. The number of nitriles is 1. The molecule has 2 aromatic carbocycles. The third-order valence-corrected chi connectivity index (χ3v) is 5.08. The highest BCUT2D eigenvalue weighted by molar-refractivity contribution is 6.30. The topological polar surface area (TPSA) is 106 Å². The predicted molar refractivity (Wildman–Crippen MR) is 121 cm³/mol. The van der Waals surface area contributed by atoms with Crippen molar-refractivity contribution in [2.45, 2.75) is 26.9 Å². The summed E-state index contributed by atoms with van der Waals surface area (Å²) in [6.45, 7) is 3.63. The van der Waals surface area contributed by atoms with Gasteiger partial charge in [0.15, 0.2) is 6.61 Å². The van der Waals surface area contributed by atoms with Gasteiger partial charge in [0.1, 0.15) is 18.1 Å². The first-order valence-corrected chi connectivity index (χ1v) is 10.5. The van der Waals surface area contributed by atoms with E-state index in [9.17, 15) is 9.59 Å². The van der Waals surface area contributed by atoms with Crippen LogP contribution in [-0.2, 0) is 16.1 Å². The van der Waals surface area contributed by atoms with Gasteiger partial charge in [-0.2, -0.15) is 5.26 Å². The van der Waals surface area contributed by atoms with Gasteiger partial charge in [0.05, 0.1) is 29.3 Å². The van der Waals surface area contributed by atoms with Gasteiger partial charge in [0, 0.05) is 17.3 Å². The molecule has 0 radical (unpaired) electrons. The van der Waals surface area contributed by atoms with Gasteiger partial charge in [-0.25, -0.2) is 4.79 Å². The molecule has 3 rings (SSSR count). The van der Waals surface area contributed by atoms with Gasteiger partial charge < -0.3 is 18.9 Å². The molecule has 1 amide bonds. The minimum atomic E-state index is -0.646. The number of amides is 1. The number of anilines is 1. The fraction of sp³-hybridized carbons (Fsp3) is 0.250. The van der Waals surface area contributed by atoms with Crippen LogP contribution >= 0.6 is 11.6 Å². The maximum atomic E-state index is 12.7. The van der Waals surface area contributed by atoms with Crippen LogP contribution in [-0.4, -0.2) is 30.2 Å². The molecule has 0 aliphatic rings. The highest BCUT2D eigenvalue weighted by atomic mass is 35.5. The lowest BCUT2D eigenvalue weighted by Crippen LogP contribution is -2.35. The smallest absolute Gasteiger partial charge is 0.338 e. The van der Waals surface area contributed by atoms with Crippen LogP contribution in [0.2, 0.25) is 5.02 Å². The molecular weight excluding hydrogens is 446 g/mol. The third-order valence-electron chi connectivity index (χ3n) is 4.85. The van der Waals surface area contributed by atoms with Crippen LogP contribution in [0.5, 0.6) is 5.75 Å². The minimum absolute atomic E-state index is 0.127. The minimum Gasteiger partial charge on any atom is -0.489 e. The zero-order valence-electron chi connectivity index (χ0n) is 18.2. The van der Waals surface area contributed by atoms with Crippen molar-refractivity contribution in [1.82, 2.24) is 5.16 Å². The van der Waals surface area contributed by atoms with Gasteiger partial charge in [-0.1, -0.05) is 22.8 Å². The highest BCUT2D eigenvalue weighted by Gasteiger charge is 2.19. The Kier molecular flexibility index (Phi) is 8.06. The largest absolute Gasteiger partial charge is 0.489 e. The van der Waals surface area contributed by atoms with Crippen molar-refractivity contribution < 1.29 is 23.6 Å². The van der Waals surface area contributed by atoms with Crippen LogP contribution in [0.15, 0.2) is 53.1 Å². The number of rotatable bonds is 9. The van der Waals surface area contributed by atoms with Crippen molar-refractivity contribution in [3.63, 3.8) is 0 Å². The molecule has 0 saturated heterocycles. The van der Waals surface area contributed by atoms with Crippen molar-refractivity contribution in [3.8, 4) is 11.8 Å². The van der Waals surface area contributed by atoms with Crippen LogP contribution in [0.1, 0.15) is 33.8 Å². The van der Waals surface area contributed by atoms with Crippen LogP contribution in [0.4, 0.5) is 5.69 Å². The second-order valence-electron chi connectivity index (χ2n) is 7.13. The maximum Gasteiger partial charge on any atom is 0.338 e. The lowest BCUT2D eigenvalue weighted by atomic mass is 10.2. The average molecular weight is 468 g/mol. The molecule has 0 saturated carbocycles. The molecule has 0 unspecified atom stereocenters. The van der Waals surface area contributed by atoms with Crippen LogP contribution in [0, 0.1) is 25.2 Å². The monoisotopic (exact) mass is 467 g/mol. The van der Waals surface area contributed by atoms with E-state index in [0.717, 1.165) is 11.3 Å². The number of aryl methyl sites for hydroxylation is 2. The van der Waals surface area contributed by atoms with E-state index in [0.29, 0.717) is 28.8 Å². The van der Waals surface area contributed by atoms with Crippen molar-refractivity contribution >= 4 is 29.2 Å². The van der Waals surface area contributed by atoms with E-state index in [1.807, 2.05) is 19.9 Å². The van der Waals surface area contributed by atoms with E-state index >= 15 is 0 Å². The number of benzene rings is 2. The molecule has 0 N–H and O–H groups in total. The molecule has 1 aromatic heterocycles. The van der Waals surface area contributed by atoms with E-state index < -0.39 is 18.5 Å². The van der Waals surface area contributed by atoms with Gasteiger partial charge in [0.2, 0.25) is 0 Å². The second-order valence-corrected chi connectivity index (χ2v) is 7.56. The van der Waals surface area contributed by atoms with E-state index in [1.54, 1.807) is 48.5 Å². The zero-order chi connectivity index (χ0) is 23.8. The summed E-state index contributed by atoms with van der Waals surface area (Å²) in [5.41, 5.74) is 2.44. The van der Waals surface area contributed by atoms with Gasteiger partial charge in [0.25, 0.3) is 5.91 Å². The third kappa shape index (κ3) is 6.34. The fourth-order valence-corrected chi connectivity index (χ4v) is 3.23. The summed E-state index contributed by atoms with van der Waals surface area (Å²) in [7, 11) is 0. The fourth-order valence-electron chi connectivity index (χ4n) is 3.04.